The maximum absolute atomic E-state index is 16.4. The van der Waals surface area contributed by atoms with E-state index < -0.39 is 29.7 Å². The van der Waals surface area contributed by atoms with Gasteiger partial charge in [-0.05, 0) is 69.1 Å². The molecule has 1 saturated heterocycles. The molecule has 0 spiro atoms. The third-order valence-corrected chi connectivity index (χ3v) is 7.05. The van der Waals surface area contributed by atoms with E-state index in [9.17, 15) is 9.90 Å². The molecule has 0 bridgehead atoms. The zero-order valence-corrected chi connectivity index (χ0v) is 24.3. The van der Waals surface area contributed by atoms with Crippen LogP contribution in [0.2, 0.25) is 0 Å². The Kier molecular flexibility index (Phi) is 10.2. The van der Waals surface area contributed by atoms with Crippen molar-refractivity contribution in [3.8, 4) is 17.2 Å². The van der Waals surface area contributed by atoms with E-state index in [0.717, 1.165) is 5.01 Å². The highest BCUT2D eigenvalue weighted by Gasteiger charge is 2.43. The van der Waals surface area contributed by atoms with Crippen molar-refractivity contribution in [3.05, 3.63) is 71.1 Å². The number of piperidine rings is 1. The summed E-state index contributed by atoms with van der Waals surface area (Å²) >= 11 is 0. The summed E-state index contributed by atoms with van der Waals surface area (Å²) in [4.78, 5) is 17.8. The number of nitrogen functional groups attached to an aromatic ring is 1. The molecule has 2 aromatic rings. The summed E-state index contributed by atoms with van der Waals surface area (Å²) in [7, 11) is 1.42. The smallest absolute Gasteiger partial charge is 0.320 e. The molecule has 1 fully saturated rings. The number of phenols is 1. The van der Waals surface area contributed by atoms with Crippen LogP contribution in [0, 0.1) is 11.3 Å². The largest absolute Gasteiger partial charge is 0.504 e. The zero-order valence-electron chi connectivity index (χ0n) is 24.3. The molecule has 2 aliphatic heterocycles. The number of halogens is 2. The van der Waals surface area contributed by atoms with Crippen LogP contribution in [0.1, 0.15) is 25.3 Å². The van der Waals surface area contributed by atoms with E-state index >= 15 is 8.78 Å². The molecule has 2 heterocycles. The van der Waals surface area contributed by atoms with Crippen LogP contribution < -0.4 is 32.1 Å². The Morgan fingerprint density at radius 3 is 2.52 bits per heavy atom. The van der Waals surface area contributed by atoms with Crippen molar-refractivity contribution in [1.82, 2.24) is 15.3 Å². The van der Waals surface area contributed by atoms with Gasteiger partial charge in [0.05, 0.1) is 18.8 Å². The second kappa shape index (κ2) is 14.1. The fourth-order valence-electron chi connectivity index (χ4n) is 5.01. The zero-order chi connectivity index (χ0) is 32.0. The van der Waals surface area contributed by atoms with Gasteiger partial charge in [0.1, 0.15) is 11.6 Å². The van der Waals surface area contributed by atoms with Gasteiger partial charge in [0.25, 0.3) is 5.88 Å². The van der Waals surface area contributed by atoms with Gasteiger partial charge in [0.15, 0.2) is 29.1 Å². The van der Waals surface area contributed by atoms with E-state index in [0.29, 0.717) is 31.6 Å². The van der Waals surface area contributed by atoms with Crippen LogP contribution in [0.25, 0.3) is 0 Å². The SMILES string of the molecule is CCOC(=O)CN1CCC(C2=C(F)C(Oc3cc(C(=N)N)ccc3O)N(NC)C(Oc3cccc(N=C(N)N)c3)=C2F)CC1. The summed E-state index contributed by atoms with van der Waals surface area (Å²) in [6, 6.07) is 10.1. The van der Waals surface area contributed by atoms with Crippen molar-refractivity contribution in [3.63, 3.8) is 0 Å². The first-order valence-corrected chi connectivity index (χ1v) is 13.9. The first kappa shape index (κ1) is 32.0. The lowest BCUT2D eigenvalue weighted by atomic mass is 9.86. The number of nitrogens with one attached hydrogen (secondary N) is 2. The molecule has 0 saturated carbocycles. The van der Waals surface area contributed by atoms with Gasteiger partial charge in [0.2, 0.25) is 6.23 Å². The van der Waals surface area contributed by atoms with Crippen molar-refractivity contribution in [2.45, 2.75) is 26.0 Å². The molecule has 0 amide bonds. The lowest BCUT2D eigenvalue weighted by Gasteiger charge is -2.39. The number of carbonyl (C=O) groups excluding carboxylic acids is 1. The quantitative estimate of drug-likeness (QED) is 0.123. The van der Waals surface area contributed by atoms with E-state index in [2.05, 4.69) is 10.4 Å². The number of benzene rings is 2. The highest BCUT2D eigenvalue weighted by atomic mass is 19.1. The van der Waals surface area contributed by atoms with Crippen molar-refractivity contribution in [2.75, 3.05) is 33.3 Å². The lowest BCUT2D eigenvalue weighted by molar-refractivity contribution is -0.144. The summed E-state index contributed by atoms with van der Waals surface area (Å²) in [6.45, 7) is 2.85. The highest BCUT2D eigenvalue weighted by Crippen LogP contribution is 2.43. The number of nitrogens with two attached hydrogens (primary N) is 3. The van der Waals surface area contributed by atoms with Gasteiger partial charge < -0.3 is 36.5 Å². The first-order valence-electron chi connectivity index (χ1n) is 13.9. The second-order valence-corrected chi connectivity index (χ2v) is 10.0. The average molecular weight is 615 g/mol. The Morgan fingerprint density at radius 1 is 1.16 bits per heavy atom. The third kappa shape index (κ3) is 7.36. The minimum absolute atomic E-state index is 0.0753. The molecule has 44 heavy (non-hydrogen) atoms. The van der Waals surface area contributed by atoms with E-state index in [-0.39, 0.29) is 59.3 Å². The van der Waals surface area contributed by atoms with Gasteiger partial charge in [0, 0.05) is 24.3 Å². The lowest BCUT2D eigenvalue weighted by Crippen LogP contribution is -2.51. The van der Waals surface area contributed by atoms with Crippen LogP contribution in [0.3, 0.4) is 0 Å². The highest BCUT2D eigenvalue weighted by molar-refractivity contribution is 5.95. The molecule has 0 radical (unpaired) electrons. The molecule has 0 aliphatic carbocycles. The molecule has 2 aromatic carbocycles. The molecule has 1 atom stereocenters. The number of esters is 1. The minimum Gasteiger partial charge on any atom is -0.504 e. The Labute approximate surface area is 253 Å². The number of hydrogen-bond acceptors (Lipinski definition) is 10. The summed E-state index contributed by atoms with van der Waals surface area (Å²) in [5.41, 5.74) is 19.6. The molecular weight excluding hydrogens is 578 g/mol. The van der Waals surface area contributed by atoms with Crippen LogP contribution in [0.5, 0.6) is 17.2 Å². The molecule has 4 rings (SSSR count). The Hall–Kier alpha value is -4.89. The first-order chi connectivity index (χ1) is 21.0. The molecule has 15 heteroatoms. The van der Waals surface area contributed by atoms with Gasteiger partial charge in [-0.3, -0.25) is 15.1 Å². The number of nitrogens with zero attached hydrogens (tertiary/aromatic N) is 3. The number of phenolic OH excluding ortho intramolecular Hbond substituents is 1. The molecule has 236 valence electrons. The number of hydrazine groups is 1. The van der Waals surface area contributed by atoms with E-state index in [1.807, 2.05) is 4.90 Å². The van der Waals surface area contributed by atoms with Gasteiger partial charge in [-0.15, -0.1) is 0 Å². The van der Waals surface area contributed by atoms with Crippen LogP contribution in [-0.4, -0.2) is 72.3 Å². The van der Waals surface area contributed by atoms with Crippen molar-refractivity contribution >= 4 is 23.5 Å². The number of amidine groups is 1. The number of allylic oxidation sites excluding steroid dienone is 2. The number of ether oxygens (including phenoxy) is 3. The predicted octanol–water partition coefficient (Wildman–Crippen LogP) is 2.45. The van der Waals surface area contributed by atoms with Gasteiger partial charge in [-0.2, -0.15) is 0 Å². The van der Waals surface area contributed by atoms with Gasteiger partial charge >= 0.3 is 5.97 Å². The summed E-state index contributed by atoms with van der Waals surface area (Å²) < 4.78 is 49.8. The third-order valence-electron chi connectivity index (χ3n) is 7.05. The number of carbonyl (C=O) groups is 1. The van der Waals surface area contributed by atoms with Crippen molar-refractivity contribution in [1.29, 1.82) is 5.41 Å². The summed E-state index contributed by atoms with van der Waals surface area (Å²) in [5.74, 6) is -4.18. The molecular formula is C29H36F2N8O5. The predicted molar refractivity (Wildman–Crippen MR) is 159 cm³/mol. The number of aromatic hydroxyl groups is 1. The number of rotatable bonds is 11. The molecule has 2 aliphatic rings. The second-order valence-electron chi connectivity index (χ2n) is 10.0. The number of hydrogen-bond donors (Lipinski definition) is 6. The minimum atomic E-state index is -1.64. The standard InChI is InChI=1S/C29H36F2N8O5/c1-3-42-22(41)15-38-11-9-16(10-12-38)23-24(30)27(43-19-6-4-5-18(14-19)37-29(34)35)39(36-2)28(25(23)31)44-21-13-17(26(32)33)7-8-20(21)40/h4-8,13-14,16,28,36,40H,3,9-12,15H2,1-2H3,(H3,32,33)(H4,34,35,37). The molecule has 0 aromatic heterocycles. The number of aliphatic imine (C=N–C) groups is 1. The number of guanidine groups is 1. The van der Waals surface area contributed by atoms with Gasteiger partial charge in [-0.1, -0.05) is 6.07 Å². The Bertz CT molecular complexity index is 1490. The van der Waals surface area contributed by atoms with Crippen LogP contribution in [0.15, 0.2) is 70.6 Å². The average Bonchev–Trinajstić information content (AvgIpc) is 2.97. The van der Waals surface area contributed by atoms with Crippen LogP contribution >= 0.6 is 0 Å². The van der Waals surface area contributed by atoms with E-state index in [4.69, 9.17) is 36.8 Å². The topological polar surface area (TPSA) is 198 Å². The van der Waals surface area contributed by atoms with Crippen LogP contribution in [-0.2, 0) is 9.53 Å². The Morgan fingerprint density at radius 2 is 1.89 bits per heavy atom. The van der Waals surface area contributed by atoms with Crippen molar-refractivity contribution in [2.24, 2.45) is 28.1 Å². The molecule has 9 N–H and O–H groups in total. The monoisotopic (exact) mass is 614 g/mol. The summed E-state index contributed by atoms with van der Waals surface area (Å²) in [6.07, 6.45) is -0.976. The fourth-order valence-corrected chi connectivity index (χ4v) is 5.01. The van der Waals surface area contributed by atoms with Gasteiger partial charge in [-0.25, -0.2) is 24.2 Å². The van der Waals surface area contributed by atoms with E-state index in [1.165, 1.54) is 31.3 Å². The molecule has 13 nitrogen and oxygen atoms in total. The maximum Gasteiger partial charge on any atom is 0.320 e. The Balaban J connectivity index is 1.73. The molecule has 1 unspecified atom stereocenters. The normalized spacial score (nSPS) is 17.8. The summed E-state index contributed by atoms with van der Waals surface area (Å²) in [5, 5.41) is 19.2. The van der Waals surface area contributed by atoms with Crippen LogP contribution in [0.4, 0.5) is 14.5 Å². The number of likely N-dealkylation sites (tertiary alicyclic amines) is 1. The maximum atomic E-state index is 16.4. The van der Waals surface area contributed by atoms with E-state index in [1.54, 1.807) is 25.1 Å². The van der Waals surface area contributed by atoms with Crippen molar-refractivity contribution < 1.29 is 32.9 Å². The fraction of sp³-hybridized carbons (Fsp3) is 0.345.